The second-order valence-electron chi connectivity index (χ2n) is 11.0. The molecule has 6 rings (SSSR count). The van der Waals surface area contributed by atoms with Crippen LogP contribution in [0, 0.1) is 0 Å². The number of hydrogen-bond donors (Lipinski definition) is 2. The molecule has 1 saturated heterocycles. The molecule has 0 aliphatic carbocycles. The Labute approximate surface area is 225 Å². The highest BCUT2D eigenvalue weighted by Gasteiger charge is 2.37. The van der Waals surface area contributed by atoms with Crippen molar-refractivity contribution in [2.24, 2.45) is 0 Å². The topological polar surface area (TPSA) is 94.2 Å². The van der Waals surface area contributed by atoms with Gasteiger partial charge in [-0.3, -0.25) is 4.79 Å². The van der Waals surface area contributed by atoms with E-state index in [1.165, 1.54) is 6.20 Å². The Morgan fingerprint density at radius 1 is 1.05 bits per heavy atom. The lowest BCUT2D eigenvalue weighted by Crippen LogP contribution is -2.37. The van der Waals surface area contributed by atoms with Gasteiger partial charge in [-0.15, -0.1) is 0 Å². The maximum absolute atomic E-state index is 14.1. The van der Waals surface area contributed by atoms with Crippen LogP contribution in [0.5, 0.6) is 0 Å². The summed E-state index contributed by atoms with van der Waals surface area (Å²) in [6, 6.07) is 3.19. The predicted octanol–water partition coefficient (Wildman–Crippen LogP) is 5.02. The first-order chi connectivity index (χ1) is 18.4. The van der Waals surface area contributed by atoms with Crippen molar-refractivity contribution < 1.29 is 22.5 Å². The number of aromatic nitrogens is 3. The maximum atomic E-state index is 14.1. The van der Waals surface area contributed by atoms with Gasteiger partial charge < -0.3 is 24.7 Å². The number of H-pyrrole nitrogens is 1. The summed E-state index contributed by atoms with van der Waals surface area (Å²) in [5.74, 6) is -0.113. The van der Waals surface area contributed by atoms with E-state index in [4.69, 9.17) is 0 Å². The summed E-state index contributed by atoms with van der Waals surface area (Å²) >= 11 is 0. The Bertz CT molecular complexity index is 1430. The lowest BCUT2D eigenvalue weighted by molar-refractivity contribution is -0.137. The van der Waals surface area contributed by atoms with Crippen LogP contribution >= 0.6 is 7.14 Å². The van der Waals surface area contributed by atoms with Crippen LogP contribution in [0.15, 0.2) is 24.5 Å². The van der Waals surface area contributed by atoms with Crippen LogP contribution in [-0.2, 0) is 10.7 Å². The molecule has 210 valence electrons. The molecule has 1 amide bonds. The number of nitrogens with zero attached hydrogens (tertiary/aromatic N) is 4. The van der Waals surface area contributed by atoms with E-state index in [2.05, 4.69) is 25.2 Å². The zero-order valence-electron chi connectivity index (χ0n) is 22.4. The van der Waals surface area contributed by atoms with Gasteiger partial charge in [-0.2, -0.15) is 13.2 Å². The smallest absolute Gasteiger partial charge is 0.360 e. The number of carbonyl (C=O) groups is 1. The number of benzene rings is 1. The van der Waals surface area contributed by atoms with Gasteiger partial charge in [-0.05, 0) is 58.2 Å². The van der Waals surface area contributed by atoms with Crippen LogP contribution in [0.3, 0.4) is 0 Å². The quantitative estimate of drug-likeness (QED) is 0.405. The molecule has 5 heterocycles. The first-order valence-electron chi connectivity index (χ1n) is 13.3. The SMILES string of the molecule is CN1CCCCN2CCCC[C@H](C2)Nc2ncc(C(F)(F)F)c(n2)-c2c[nH]c3c(P(C)(C)=O)c(ccc23)C1=O. The Balaban J connectivity index is 1.72. The first-order valence-corrected chi connectivity index (χ1v) is 15.9. The molecule has 3 aromatic rings. The molecule has 1 aromatic carbocycles. The van der Waals surface area contributed by atoms with Crippen LogP contribution in [0.1, 0.15) is 48.0 Å². The van der Waals surface area contributed by atoms with E-state index in [9.17, 15) is 22.5 Å². The second kappa shape index (κ2) is 10.6. The van der Waals surface area contributed by atoms with Crippen molar-refractivity contribution in [1.29, 1.82) is 0 Å². The number of rotatable bonds is 1. The number of hydrogen-bond acceptors (Lipinski definition) is 6. The van der Waals surface area contributed by atoms with Crippen molar-refractivity contribution in [1.82, 2.24) is 24.8 Å². The molecule has 8 nitrogen and oxygen atoms in total. The largest absolute Gasteiger partial charge is 0.419 e. The highest BCUT2D eigenvalue weighted by atomic mass is 31.2. The van der Waals surface area contributed by atoms with Crippen LogP contribution < -0.4 is 10.6 Å². The Morgan fingerprint density at radius 2 is 1.77 bits per heavy atom. The fourth-order valence-corrected chi connectivity index (χ4v) is 7.17. The minimum Gasteiger partial charge on any atom is -0.360 e. The molecule has 1 unspecified atom stereocenters. The zero-order chi connectivity index (χ0) is 27.9. The van der Waals surface area contributed by atoms with Gasteiger partial charge in [-0.1, -0.05) is 12.5 Å². The third kappa shape index (κ3) is 5.70. The van der Waals surface area contributed by atoms with Gasteiger partial charge in [0, 0.05) is 54.8 Å². The molecule has 3 aliphatic rings. The standard InChI is InChI=1S/C27H34F3N6O2P/c1-35-11-6-7-13-36-12-5-4-8-17(16-36)33-26-32-15-21(27(28,29)30)22(34-26)20-14-31-23-18(20)9-10-19(25(35)37)24(23)39(2,3)38/h9-10,14-15,17,31H,4-8,11-13,16H2,1-3H3,(H,32,33,34)/t17-/m1/s1. The van der Waals surface area contributed by atoms with Crippen LogP contribution in [0.2, 0.25) is 0 Å². The van der Waals surface area contributed by atoms with Crippen molar-refractivity contribution in [3.63, 3.8) is 0 Å². The molecule has 2 N–H and O–H groups in total. The lowest BCUT2D eigenvalue weighted by Gasteiger charge is -2.26. The Hall–Kier alpha value is -2.91. The number of halogens is 3. The van der Waals surface area contributed by atoms with E-state index in [0.717, 1.165) is 57.9 Å². The highest BCUT2D eigenvalue weighted by Crippen LogP contribution is 2.43. The molecule has 0 saturated carbocycles. The minimum atomic E-state index is -4.68. The molecule has 0 radical (unpaired) electrons. The molecule has 2 atom stereocenters. The van der Waals surface area contributed by atoms with Crippen LogP contribution in [-0.4, -0.2) is 83.3 Å². The van der Waals surface area contributed by atoms with E-state index in [1.54, 1.807) is 37.4 Å². The maximum Gasteiger partial charge on any atom is 0.419 e. The summed E-state index contributed by atoms with van der Waals surface area (Å²) in [6.07, 6.45) is 2.23. The van der Waals surface area contributed by atoms with Gasteiger partial charge in [0.25, 0.3) is 5.91 Å². The zero-order valence-corrected chi connectivity index (χ0v) is 23.3. The van der Waals surface area contributed by atoms with Crippen LogP contribution in [0.25, 0.3) is 22.2 Å². The average Bonchev–Trinajstić information content (AvgIpc) is 3.16. The van der Waals surface area contributed by atoms with E-state index in [0.29, 0.717) is 28.3 Å². The average molecular weight is 563 g/mol. The first kappa shape index (κ1) is 27.6. The third-order valence-corrected chi connectivity index (χ3v) is 9.14. The van der Waals surface area contributed by atoms with Crippen molar-refractivity contribution in [3.05, 3.63) is 35.7 Å². The van der Waals surface area contributed by atoms with Gasteiger partial charge in [0.2, 0.25) is 5.95 Å². The van der Waals surface area contributed by atoms with Gasteiger partial charge in [-0.25, -0.2) is 9.97 Å². The molecule has 1 fully saturated rings. The number of fused-ring (bicyclic) bond motifs is 6. The summed E-state index contributed by atoms with van der Waals surface area (Å²) in [5.41, 5.74) is -0.317. The fraction of sp³-hybridized carbons (Fsp3) is 0.519. The van der Waals surface area contributed by atoms with Gasteiger partial charge in [0.05, 0.1) is 16.8 Å². The number of aromatic amines is 1. The number of nitrogens with one attached hydrogen (secondary N) is 2. The molecular weight excluding hydrogens is 528 g/mol. The summed E-state index contributed by atoms with van der Waals surface area (Å²) in [6.45, 7) is 6.23. The summed E-state index contributed by atoms with van der Waals surface area (Å²) < 4.78 is 55.9. The molecule has 0 spiro atoms. The molecule has 12 heteroatoms. The van der Waals surface area contributed by atoms with Crippen LogP contribution in [0.4, 0.5) is 19.1 Å². The highest BCUT2D eigenvalue weighted by molar-refractivity contribution is 7.70. The molecule has 8 bridgehead atoms. The van der Waals surface area contributed by atoms with Gasteiger partial charge in [0.1, 0.15) is 12.7 Å². The van der Waals surface area contributed by atoms with E-state index in [1.807, 2.05) is 0 Å². The second-order valence-corrected chi connectivity index (χ2v) is 14.1. The Morgan fingerprint density at radius 3 is 2.49 bits per heavy atom. The number of anilines is 1. The number of alkyl halides is 3. The normalized spacial score (nSPS) is 21.5. The van der Waals surface area contributed by atoms with Crippen molar-refractivity contribution in [2.45, 2.75) is 44.3 Å². The lowest BCUT2D eigenvalue weighted by atomic mass is 10.0. The minimum absolute atomic E-state index is 0.00316. The number of amides is 1. The summed E-state index contributed by atoms with van der Waals surface area (Å²) in [5, 5.41) is 4.06. The summed E-state index contributed by atoms with van der Waals surface area (Å²) in [7, 11) is -1.30. The van der Waals surface area contributed by atoms with E-state index >= 15 is 0 Å². The fourth-order valence-electron chi connectivity index (χ4n) is 5.69. The molecule has 3 aliphatic heterocycles. The summed E-state index contributed by atoms with van der Waals surface area (Å²) in [4.78, 5) is 29.0. The van der Waals surface area contributed by atoms with Gasteiger partial charge >= 0.3 is 6.18 Å². The Kier molecular flexibility index (Phi) is 7.50. The third-order valence-electron chi connectivity index (χ3n) is 7.60. The number of carbonyl (C=O) groups excluding carboxylic acids is 1. The van der Waals surface area contributed by atoms with Crippen molar-refractivity contribution >= 4 is 35.2 Å². The molecule has 39 heavy (non-hydrogen) atoms. The van der Waals surface area contributed by atoms with Crippen molar-refractivity contribution in [3.8, 4) is 11.3 Å². The molecular formula is C27H34F3N6O2P. The van der Waals surface area contributed by atoms with E-state index in [-0.39, 0.29) is 29.2 Å². The van der Waals surface area contributed by atoms with E-state index < -0.39 is 18.9 Å². The monoisotopic (exact) mass is 562 g/mol. The van der Waals surface area contributed by atoms with Crippen molar-refractivity contribution in [2.75, 3.05) is 51.9 Å². The molecule has 2 aromatic heterocycles. The van der Waals surface area contributed by atoms with Gasteiger partial charge in [0.15, 0.2) is 0 Å². The predicted molar refractivity (Wildman–Crippen MR) is 147 cm³/mol.